The monoisotopic (exact) mass is 266 g/mol. The van der Waals surface area contributed by atoms with E-state index in [-0.39, 0.29) is 11.5 Å². The normalized spacial score (nSPS) is 13.2. The average molecular weight is 266 g/mol. The molecule has 0 heterocycles. The van der Waals surface area contributed by atoms with Gasteiger partial charge >= 0.3 is 0 Å². The second-order valence-electron chi connectivity index (χ2n) is 5.36. The number of methoxy groups -OCH3 is 2. The van der Waals surface area contributed by atoms with Crippen LogP contribution in [0.5, 0.6) is 11.5 Å². The van der Waals surface area contributed by atoms with E-state index in [0.29, 0.717) is 6.54 Å². The summed E-state index contributed by atoms with van der Waals surface area (Å²) in [4.78, 5) is 0. The molecule has 0 aliphatic heterocycles. The van der Waals surface area contributed by atoms with Crippen molar-refractivity contribution in [1.29, 1.82) is 0 Å². The lowest BCUT2D eigenvalue weighted by Gasteiger charge is -2.35. The predicted molar refractivity (Wildman–Crippen MR) is 78.8 cm³/mol. The second kappa shape index (κ2) is 6.78. The van der Waals surface area contributed by atoms with Crippen molar-refractivity contribution in [3.8, 4) is 11.5 Å². The molecule has 0 spiro atoms. The molecule has 0 fully saturated rings. The highest BCUT2D eigenvalue weighted by Gasteiger charge is 2.31. The van der Waals surface area contributed by atoms with Crippen LogP contribution in [0.25, 0.3) is 0 Å². The highest BCUT2D eigenvalue weighted by Crippen LogP contribution is 2.41. The maximum atomic E-state index is 5.73. The van der Waals surface area contributed by atoms with Crippen LogP contribution in [0, 0.1) is 5.41 Å². The van der Waals surface area contributed by atoms with Gasteiger partial charge in [-0.2, -0.15) is 0 Å². The molecule has 4 nitrogen and oxygen atoms in total. The van der Waals surface area contributed by atoms with Gasteiger partial charge in [-0.05, 0) is 43.6 Å². The summed E-state index contributed by atoms with van der Waals surface area (Å²) >= 11 is 0. The summed E-state index contributed by atoms with van der Waals surface area (Å²) in [6, 6.07) is 6.03. The topological polar surface area (TPSA) is 56.5 Å². The first-order valence-corrected chi connectivity index (χ1v) is 6.59. The fraction of sp³-hybridized carbons (Fsp3) is 0.600. The van der Waals surface area contributed by atoms with Crippen LogP contribution in [0.2, 0.25) is 0 Å². The minimum atomic E-state index is 0.0309. The first-order valence-electron chi connectivity index (χ1n) is 6.59. The maximum Gasteiger partial charge on any atom is 0.123 e. The van der Waals surface area contributed by atoms with E-state index in [0.717, 1.165) is 23.5 Å². The Hall–Kier alpha value is -1.26. The standard InChI is InChI=1S/C15H26N2O2/c1-15(2,8-9-16)14(17-3)12-10-11(18-4)6-7-13(12)19-5/h6-7,10,14,17H,8-9,16H2,1-5H3. The van der Waals surface area contributed by atoms with E-state index in [1.54, 1.807) is 14.2 Å². The van der Waals surface area contributed by atoms with Gasteiger partial charge in [0.25, 0.3) is 0 Å². The molecule has 0 aliphatic rings. The van der Waals surface area contributed by atoms with Crippen molar-refractivity contribution in [2.45, 2.75) is 26.3 Å². The molecule has 1 aromatic carbocycles. The van der Waals surface area contributed by atoms with Crippen LogP contribution < -0.4 is 20.5 Å². The van der Waals surface area contributed by atoms with Crippen LogP contribution in [0.4, 0.5) is 0 Å². The van der Waals surface area contributed by atoms with Crippen molar-refractivity contribution in [2.75, 3.05) is 27.8 Å². The first-order chi connectivity index (χ1) is 9.00. The van der Waals surface area contributed by atoms with Gasteiger partial charge in [0.1, 0.15) is 11.5 Å². The number of ether oxygens (including phenoxy) is 2. The maximum absolute atomic E-state index is 5.73. The quantitative estimate of drug-likeness (QED) is 0.795. The Labute approximate surface area is 116 Å². The minimum Gasteiger partial charge on any atom is -0.497 e. The van der Waals surface area contributed by atoms with E-state index in [1.165, 1.54) is 0 Å². The molecular formula is C15H26N2O2. The molecule has 1 unspecified atom stereocenters. The molecule has 0 amide bonds. The van der Waals surface area contributed by atoms with E-state index in [1.807, 2.05) is 25.2 Å². The minimum absolute atomic E-state index is 0.0309. The molecule has 0 aliphatic carbocycles. The molecule has 0 saturated heterocycles. The molecule has 19 heavy (non-hydrogen) atoms. The molecule has 3 N–H and O–H groups in total. The van der Waals surface area contributed by atoms with Crippen LogP contribution in [-0.4, -0.2) is 27.8 Å². The highest BCUT2D eigenvalue weighted by atomic mass is 16.5. The largest absolute Gasteiger partial charge is 0.497 e. The van der Waals surface area contributed by atoms with Gasteiger partial charge in [0.2, 0.25) is 0 Å². The summed E-state index contributed by atoms with van der Waals surface area (Å²) < 4.78 is 10.8. The summed E-state index contributed by atoms with van der Waals surface area (Å²) in [5, 5.41) is 3.38. The summed E-state index contributed by atoms with van der Waals surface area (Å²) in [5.41, 5.74) is 6.86. The molecule has 0 bridgehead atoms. The van der Waals surface area contributed by atoms with Gasteiger partial charge in [0, 0.05) is 11.6 Å². The van der Waals surface area contributed by atoms with Crippen molar-refractivity contribution in [3.63, 3.8) is 0 Å². The summed E-state index contributed by atoms with van der Waals surface area (Å²) in [6.45, 7) is 5.08. The van der Waals surface area contributed by atoms with E-state index in [2.05, 4.69) is 19.2 Å². The Morgan fingerprint density at radius 1 is 1.26 bits per heavy atom. The average Bonchev–Trinajstić information content (AvgIpc) is 2.39. The van der Waals surface area contributed by atoms with E-state index in [9.17, 15) is 0 Å². The van der Waals surface area contributed by atoms with Crippen LogP contribution in [0.15, 0.2) is 18.2 Å². The van der Waals surface area contributed by atoms with Gasteiger partial charge in [-0.25, -0.2) is 0 Å². The molecule has 0 radical (unpaired) electrons. The summed E-state index contributed by atoms with van der Waals surface area (Å²) in [6.07, 6.45) is 0.929. The predicted octanol–water partition coefficient (Wildman–Crippen LogP) is 2.34. The van der Waals surface area contributed by atoms with Crippen LogP contribution in [-0.2, 0) is 0 Å². The first kappa shape index (κ1) is 15.8. The molecule has 1 rings (SSSR count). The summed E-state index contributed by atoms with van der Waals surface area (Å²) in [7, 11) is 5.32. The Morgan fingerprint density at radius 3 is 2.42 bits per heavy atom. The van der Waals surface area contributed by atoms with Crippen molar-refractivity contribution in [1.82, 2.24) is 5.32 Å². The fourth-order valence-corrected chi connectivity index (χ4v) is 2.55. The van der Waals surface area contributed by atoms with Gasteiger partial charge in [0.05, 0.1) is 14.2 Å². The Kier molecular flexibility index (Phi) is 5.63. The lowest BCUT2D eigenvalue weighted by molar-refractivity contribution is 0.233. The third-order valence-electron chi connectivity index (χ3n) is 3.61. The number of hydrogen-bond acceptors (Lipinski definition) is 4. The van der Waals surface area contributed by atoms with Gasteiger partial charge < -0.3 is 20.5 Å². The smallest absolute Gasteiger partial charge is 0.123 e. The number of nitrogens with two attached hydrogens (primary N) is 1. The van der Waals surface area contributed by atoms with E-state index >= 15 is 0 Å². The van der Waals surface area contributed by atoms with Crippen molar-refractivity contribution in [3.05, 3.63) is 23.8 Å². The molecule has 0 saturated carbocycles. The molecule has 4 heteroatoms. The van der Waals surface area contributed by atoms with Crippen LogP contribution in [0.3, 0.4) is 0 Å². The van der Waals surface area contributed by atoms with Crippen LogP contribution >= 0.6 is 0 Å². The number of hydrogen-bond donors (Lipinski definition) is 2. The number of rotatable bonds is 7. The number of benzene rings is 1. The number of nitrogens with one attached hydrogen (secondary N) is 1. The Morgan fingerprint density at radius 2 is 1.95 bits per heavy atom. The van der Waals surface area contributed by atoms with Gasteiger partial charge in [-0.1, -0.05) is 13.8 Å². The third kappa shape index (κ3) is 3.61. The lowest BCUT2D eigenvalue weighted by atomic mass is 9.77. The molecular weight excluding hydrogens is 240 g/mol. The molecule has 1 atom stereocenters. The van der Waals surface area contributed by atoms with Crippen molar-refractivity contribution < 1.29 is 9.47 Å². The lowest BCUT2D eigenvalue weighted by Crippen LogP contribution is -2.34. The van der Waals surface area contributed by atoms with E-state index in [4.69, 9.17) is 15.2 Å². The fourth-order valence-electron chi connectivity index (χ4n) is 2.55. The second-order valence-corrected chi connectivity index (χ2v) is 5.36. The highest BCUT2D eigenvalue weighted by molar-refractivity contribution is 5.43. The van der Waals surface area contributed by atoms with E-state index < -0.39 is 0 Å². The van der Waals surface area contributed by atoms with Gasteiger partial charge in [-0.3, -0.25) is 0 Å². The zero-order valence-corrected chi connectivity index (χ0v) is 12.6. The third-order valence-corrected chi connectivity index (χ3v) is 3.61. The Balaban J connectivity index is 3.22. The Bertz CT molecular complexity index is 405. The van der Waals surface area contributed by atoms with Crippen LogP contribution in [0.1, 0.15) is 31.9 Å². The summed E-state index contributed by atoms with van der Waals surface area (Å²) in [5.74, 6) is 1.70. The zero-order chi connectivity index (χ0) is 14.5. The molecule has 0 aromatic heterocycles. The van der Waals surface area contributed by atoms with Gasteiger partial charge in [-0.15, -0.1) is 0 Å². The molecule has 108 valence electrons. The molecule has 1 aromatic rings. The van der Waals surface area contributed by atoms with Crippen molar-refractivity contribution >= 4 is 0 Å². The zero-order valence-electron chi connectivity index (χ0n) is 12.6. The SMILES string of the molecule is CNC(c1cc(OC)ccc1OC)C(C)(C)CCN. The van der Waals surface area contributed by atoms with Crippen molar-refractivity contribution in [2.24, 2.45) is 11.1 Å². The van der Waals surface area contributed by atoms with Gasteiger partial charge in [0.15, 0.2) is 0 Å².